The van der Waals surface area contributed by atoms with E-state index in [1.54, 1.807) is 17.5 Å². The van der Waals surface area contributed by atoms with E-state index in [9.17, 15) is 19.1 Å². The number of aromatic nitrogens is 1. The zero-order valence-electron chi connectivity index (χ0n) is 12.9. The number of thiazole rings is 1. The number of aliphatic carboxylic acids is 1. The standard InChI is InChI=1S/C17H17FN2O3S/c18-12-3-1-2-11(6-12)8-15-19-14(9-24-15)16(21)20-13(17(22)23)7-10-4-5-10/h1-3,6,9-10,13H,4-5,7-8H2,(H,20,21)(H,22,23). The first-order chi connectivity index (χ1) is 11.5. The lowest BCUT2D eigenvalue weighted by molar-refractivity contribution is -0.139. The Bertz CT molecular complexity index is 758. The SMILES string of the molecule is O=C(NC(CC1CC1)C(=O)O)c1csc(Cc2cccc(F)c2)n1. The number of carbonyl (C=O) groups excluding carboxylic acids is 1. The zero-order valence-corrected chi connectivity index (χ0v) is 13.7. The topological polar surface area (TPSA) is 79.3 Å². The number of benzene rings is 1. The van der Waals surface area contributed by atoms with Crippen molar-refractivity contribution in [3.63, 3.8) is 0 Å². The normalized spacial score (nSPS) is 15.0. The van der Waals surface area contributed by atoms with Crippen molar-refractivity contribution in [1.29, 1.82) is 0 Å². The first kappa shape index (κ1) is 16.6. The van der Waals surface area contributed by atoms with Crippen LogP contribution in [0.5, 0.6) is 0 Å². The van der Waals surface area contributed by atoms with Crippen LogP contribution in [0.4, 0.5) is 4.39 Å². The molecule has 126 valence electrons. The Labute approximate surface area is 142 Å². The molecular weight excluding hydrogens is 331 g/mol. The minimum atomic E-state index is -1.02. The molecule has 5 nitrogen and oxygen atoms in total. The van der Waals surface area contributed by atoms with Crippen molar-refractivity contribution in [2.75, 3.05) is 0 Å². The maximum Gasteiger partial charge on any atom is 0.326 e. The van der Waals surface area contributed by atoms with Gasteiger partial charge >= 0.3 is 5.97 Å². The molecule has 1 amide bonds. The van der Waals surface area contributed by atoms with Crippen molar-refractivity contribution in [2.24, 2.45) is 5.92 Å². The predicted molar refractivity (Wildman–Crippen MR) is 87.6 cm³/mol. The fourth-order valence-electron chi connectivity index (χ4n) is 2.46. The highest BCUT2D eigenvalue weighted by molar-refractivity contribution is 7.09. The van der Waals surface area contributed by atoms with Gasteiger partial charge in [0.1, 0.15) is 17.6 Å². The molecule has 2 aromatic rings. The fourth-order valence-corrected chi connectivity index (χ4v) is 3.27. The maximum atomic E-state index is 13.2. The second-order valence-corrected chi connectivity index (χ2v) is 6.92. The number of nitrogens with one attached hydrogen (secondary N) is 1. The second kappa shape index (κ2) is 7.09. The van der Waals surface area contributed by atoms with Crippen LogP contribution in [0.15, 0.2) is 29.6 Å². The molecule has 1 atom stereocenters. The molecule has 0 saturated heterocycles. The fraction of sp³-hybridized carbons (Fsp3) is 0.353. The number of halogens is 1. The Morgan fingerprint density at radius 3 is 2.88 bits per heavy atom. The molecule has 7 heteroatoms. The monoisotopic (exact) mass is 348 g/mol. The number of carboxylic acid groups (broad SMARTS) is 1. The molecule has 1 fully saturated rings. The van der Waals surface area contributed by atoms with Crippen molar-refractivity contribution < 1.29 is 19.1 Å². The lowest BCUT2D eigenvalue weighted by atomic mass is 10.1. The predicted octanol–water partition coefficient (Wildman–Crippen LogP) is 2.86. The van der Waals surface area contributed by atoms with Crippen molar-refractivity contribution in [1.82, 2.24) is 10.3 Å². The van der Waals surface area contributed by atoms with E-state index in [0.717, 1.165) is 18.4 Å². The third-order valence-electron chi connectivity index (χ3n) is 3.90. The van der Waals surface area contributed by atoms with Gasteiger partial charge in [-0.15, -0.1) is 11.3 Å². The summed E-state index contributed by atoms with van der Waals surface area (Å²) in [6.45, 7) is 0. The summed E-state index contributed by atoms with van der Waals surface area (Å²) in [4.78, 5) is 27.7. The van der Waals surface area contributed by atoms with Crippen LogP contribution in [-0.4, -0.2) is 28.0 Å². The van der Waals surface area contributed by atoms with E-state index >= 15 is 0 Å². The van der Waals surface area contributed by atoms with E-state index < -0.39 is 17.9 Å². The molecule has 2 N–H and O–H groups in total. The Morgan fingerprint density at radius 2 is 2.21 bits per heavy atom. The number of amides is 1. The summed E-state index contributed by atoms with van der Waals surface area (Å²) in [6, 6.07) is 5.34. The van der Waals surface area contributed by atoms with Crippen molar-refractivity contribution in [3.05, 3.63) is 51.7 Å². The summed E-state index contributed by atoms with van der Waals surface area (Å²) in [6.07, 6.45) is 2.93. The Morgan fingerprint density at radius 1 is 1.42 bits per heavy atom. The van der Waals surface area contributed by atoms with Gasteiger partial charge in [0.25, 0.3) is 5.91 Å². The summed E-state index contributed by atoms with van der Waals surface area (Å²) in [5.74, 6) is -1.42. The molecule has 1 saturated carbocycles. The maximum absolute atomic E-state index is 13.2. The molecule has 1 aromatic carbocycles. The van der Waals surface area contributed by atoms with E-state index in [1.165, 1.54) is 23.5 Å². The quantitative estimate of drug-likeness (QED) is 0.806. The molecule has 0 bridgehead atoms. The Balaban J connectivity index is 1.63. The third kappa shape index (κ3) is 4.38. The average molecular weight is 348 g/mol. The number of hydrogen-bond donors (Lipinski definition) is 2. The van der Waals surface area contributed by atoms with Gasteiger partial charge in [-0.3, -0.25) is 4.79 Å². The molecule has 1 aliphatic carbocycles. The van der Waals surface area contributed by atoms with Crippen LogP contribution in [0.2, 0.25) is 0 Å². The van der Waals surface area contributed by atoms with Gasteiger partial charge in [0.2, 0.25) is 0 Å². The first-order valence-electron chi connectivity index (χ1n) is 7.74. The number of carboxylic acids is 1. The Kier molecular flexibility index (Phi) is 4.89. The van der Waals surface area contributed by atoms with E-state index in [0.29, 0.717) is 23.8 Å². The molecule has 3 rings (SSSR count). The molecule has 0 spiro atoms. The van der Waals surface area contributed by atoms with Crippen LogP contribution < -0.4 is 5.32 Å². The average Bonchev–Trinajstić information content (AvgIpc) is 3.23. The molecule has 1 aromatic heterocycles. The van der Waals surface area contributed by atoms with Crippen molar-refractivity contribution >= 4 is 23.2 Å². The van der Waals surface area contributed by atoms with Gasteiger partial charge in [-0.2, -0.15) is 0 Å². The molecule has 24 heavy (non-hydrogen) atoms. The van der Waals surface area contributed by atoms with Crippen LogP contribution in [0.3, 0.4) is 0 Å². The number of carbonyl (C=O) groups is 2. The van der Waals surface area contributed by atoms with Gasteiger partial charge in [0.15, 0.2) is 0 Å². The lowest BCUT2D eigenvalue weighted by Gasteiger charge is -2.12. The molecule has 1 heterocycles. The van der Waals surface area contributed by atoms with E-state index in [4.69, 9.17) is 0 Å². The lowest BCUT2D eigenvalue weighted by Crippen LogP contribution is -2.41. The van der Waals surface area contributed by atoms with Gasteiger partial charge in [-0.1, -0.05) is 25.0 Å². The van der Waals surface area contributed by atoms with Crippen LogP contribution in [-0.2, 0) is 11.2 Å². The first-order valence-corrected chi connectivity index (χ1v) is 8.62. The van der Waals surface area contributed by atoms with Crippen LogP contribution in [0, 0.1) is 11.7 Å². The van der Waals surface area contributed by atoms with Crippen LogP contribution in [0.25, 0.3) is 0 Å². The molecule has 0 radical (unpaired) electrons. The van der Waals surface area contributed by atoms with Crippen LogP contribution >= 0.6 is 11.3 Å². The van der Waals surface area contributed by atoms with Gasteiger partial charge in [-0.25, -0.2) is 14.2 Å². The second-order valence-electron chi connectivity index (χ2n) is 5.98. The largest absolute Gasteiger partial charge is 0.480 e. The highest BCUT2D eigenvalue weighted by atomic mass is 32.1. The molecule has 1 aliphatic rings. The van der Waals surface area contributed by atoms with Gasteiger partial charge < -0.3 is 10.4 Å². The highest BCUT2D eigenvalue weighted by Gasteiger charge is 2.30. The van der Waals surface area contributed by atoms with Gasteiger partial charge in [0.05, 0.1) is 5.01 Å². The summed E-state index contributed by atoms with van der Waals surface area (Å²) < 4.78 is 13.2. The summed E-state index contributed by atoms with van der Waals surface area (Å²) >= 11 is 1.30. The van der Waals surface area contributed by atoms with Crippen molar-refractivity contribution in [2.45, 2.75) is 31.7 Å². The smallest absolute Gasteiger partial charge is 0.326 e. The van der Waals surface area contributed by atoms with E-state index in [2.05, 4.69) is 10.3 Å². The number of nitrogens with zero attached hydrogens (tertiary/aromatic N) is 1. The summed E-state index contributed by atoms with van der Waals surface area (Å²) in [5.41, 5.74) is 0.974. The molecule has 1 unspecified atom stereocenters. The van der Waals surface area contributed by atoms with Gasteiger partial charge in [0, 0.05) is 11.8 Å². The van der Waals surface area contributed by atoms with E-state index in [-0.39, 0.29) is 11.5 Å². The Hall–Kier alpha value is -2.28. The number of hydrogen-bond acceptors (Lipinski definition) is 4. The number of rotatable bonds is 7. The summed E-state index contributed by atoms with van der Waals surface area (Å²) in [7, 11) is 0. The minimum Gasteiger partial charge on any atom is -0.480 e. The van der Waals surface area contributed by atoms with Crippen molar-refractivity contribution in [3.8, 4) is 0 Å². The van der Waals surface area contributed by atoms with E-state index in [1.807, 2.05) is 0 Å². The van der Waals surface area contributed by atoms with Crippen LogP contribution in [0.1, 0.15) is 40.3 Å². The van der Waals surface area contributed by atoms with Gasteiger partial charge in [-0.05, 0) is 30.0 Å². The summed E-state index contributed by atoms with van der Waals surface area (Å²) in [5, 5.41) is 14.0. The highest BCUT2D eigenvalue weighted by Crippen LogP contribution is 2.33. The molecule has 0 aliphatic heterocycles. The third-order valence-corrected chi connectivity index (χ3v) is 4.75. The molecular formula is C17H17FN2O3S. The minimum absolute atomic E-state index is 0.202. The zero-order chi connectivity index (χ0) is 17.1.